The van der Waals surface area contributed by atoms with Gasteiger partial charge in [0.2, 0.25) is 0 Å². The number of benzene rings is 1. The number of ether oxygens (including phenoxy) is 2. The number of phenols is 1. The number of hydrogen-bond acceptors (Lipinski definition) is 7. The lowest BCUT2D eigenvalue weighted by Gasteiger charge is -2.01. The Labute approximate surface area is 127 Å². The Morgan fingerprint density at radius 1 is 1.18 bits per heavy atom. The fraction of sp³-hybridized carbons (Fsp3) is 0.267. The molecule has 0 radical (unpaired) electrons. The van der Waals surface area contributed by atoms with Crippen molar-refractivity contribution < 1.29 is 34.1 Å². The highest BCUT2D eigenvalue weighted by atomic mass is 16.6. The predicted octanol–water partition coefficient (Wildman–Crippen LogP) is 1.19. The molecule has 22 heavy (non-hydrogen) atoms. The minimum absolute atomic E-state index is 0.0160. The first-order valence-corrected chi connectivity index (χ1v) is 6.23. The van der Waals surface area contributed by atoms with Crippen molar-refractivity contribution >= 4 is 17.9 Å². The fourth-order valence-electron chi connectivity index (χ4n) is 1.09. The van der Waals surface area contributed by atoms with E-state index in [9.17, 15) is 19.5 Å². The summed E-state index contributed by atoms with van der Waals surface area (Å²) in [7, 11) is 0. The molecule has 120 valence electrons. The summed E-state index contributed by atoms with van der Waals surface area (Å²) in [4.78, 5) is 32.0. The molecule has 0 bridgehead atoms. The zero-order chi connectivity index (χ0) is 17.1. The van der Waals surface area contributed by atoms with Gasteiger partial charge in [-0.15, -0.1) is 0 Å². The Kier molecular flexibility index (Phi) is 8.89. The molecular weight excluding hydrogens is 292 g/mol. The molecule has 0 aliphatic carbocycles. The van der Waals surface area contributed by atoms with E-state index in [2.05, 4.69) is 16.1 Å². The average Bonchev–Trinajstić information content (AvgIpc) is 2.44. The van der Waals surface area contributed by atoms with Gasteiger partial charge < -0.3 is 19.7 Å². The molecule has 1 rings (SSSR count). The predicted molar refractivity (Wildman–Crippen MR) is 77.1 cm³/mol. The van der Waals surface area contributed by atoms with Crippen LogP contribution in [0.15, 0.2) is 36.4 Å². The van der Waals surface area contributed by atoms with Gasteiger partial charge in [-0.1, -0.05) is 18.7 Å². The Balaban J connectivity index is 0.000000433. The van der Waals surface area contributed by atoms with Crippen LogP contribution in [0.3, 0.4) is 0 Å². The Bertz CT molecular complexity index is 549. The van der Waals surface area contributed by atoms with E-state index in [0.717, 1.165) is 6.92 Å². The van der Waals surface area contributed by atoms with Crippen molar-refractivity contribution in [2.45, 2.75) is 13.8 Å². The highest BCUT2D eigenvalue weighted by Crippen LogP contribution is 2.16. The molecule has 0 saturated heterocycles. The number of phenolic OH excluding ortho intramolecular Hbond substituents is 1. The van der Waals surface area contributed by atoms with Crippen LogP contribution in [0.1, 0.15) is 24.2 Å². The normalized spacial score (nSPS) is 9.05. The highest BCUT2D eigenvalue weighted by molar-refractivity contribution is 5.98. The summed E-state index contributed by atoms with van der Waals surface area (Å²) in [6, 6.07) is 5.85. The minimum Gasteiger partial charge on any atom is -0.507 e. The van der Waals surface area contributed by atoms with Gasteiger partial charge in [0, 0.05) is 12.5 Å². The topological polar surface area (TPSA) is 110 Å². The number of carbonyl (C=O) groups excluding carboxylic acids is 3. The quantitative estimate of drug-likeness (QED) is 0.488. The van der Waals surface area contributed by atoms with Crippen molar-refractivity contribution in [1.82, 2.24) is 0 Å². The number of hydrogen-bond donors (Lipinski definition) is 2. The maximum absolute atomic E-state index is 11.1. The molecule has 0 aromatic heterocycles. The molecule has 2 N–H and O–H groups in total. The maximum Gasteiger partial charge on any atom is 0.349 e. The molecule has 0 saturated carbocycles. The van der Waals surface area contributed by atoms with Crippen molar-refractivity contribution in [2.75, 3.05) is 13.2 Å². The molecule has 0 amide bonds. The third-order valence-electron chi connectivity index (χ3n) is 2.03. The van der Waals surface area contributed by atoms with Crippen molar-refractivity contribution in [2.24, 2.45) is 0 Å². The van der Waals surface area contributed by atoms with Gasteiger partial charge in [0.25, 0.3) is 0 Å². The van der Waals surface area contributed by atoms with Crippen LogP contribution in [0.4, 0.5) is 0 Å². The van der Waals surface area contributed by atoms with Crippen LogP contribution in [-0.4, -0.2) is 41.3 Å². The van der Waals surface area contributed by atoms with Crippen LogP contribution in [-0.2, 0) is 19.1 Å². The van der Waals surface area contributed by atoms with E-state index in [1.165, 1.54) is 12.1 Å². The summed E-state index contributed by atoms with van der Waals surface area (Å²) in [5.74, 6) is -2.20. The van der Waals surface area contributed by atoms with Gasteiger partial charge in [0.1, 0.15) is 17.9 Å². The molecule has 0 aliphatic heterocycles. The van der Waals surface area contributed by atoms with E-state index in [-0.39, 0.29) is 24.5 Å². The van der Waals surface area contributed by atoms with Gasteiger partial charge in [0.05, 0.1) is 6.61 Å². The van der Waals surface area contributed by atoms with E-state index >= 15 is 0 Å². The molecular formula is C15H18O7. The van der Waals surface area contributed by atoms with E-state index in [1.807, 2.05) is 0 Å². The molecule has 1 aromatic rings. The minimum atomic E-state index is -0.842. The first-order valence-electron chi connectivity index (χ1n) is 6.23. The van der Waals surface area contributed by atoms with Gasteiger partial charge in [-0.25, -0.2) is 9.59 Å². The summed E-state index contributed by atoms with van der Waals surface area (Å²) in [5.41, 5.74) is 0.334. The lowest BCUT2D eigenvalue weighted by atomic mass is 10.2. The Morgan fingerprint density at radius 3 is 2.23 bits per heavy atom. The first kappa shape index (κ1) is 19.3. The monoisotopic (exact) mass is 310 g/mol. The van der Waals surface area contributed by atoms with E-state index in [4.69, 9.17) is 5.11 Å². The number of esters is 3. The number of carbonyl (C=O) groups is 3. The molecule has 0 spiro atoms. The Hall–Kier alpha value is -2.67. The van der Waals surface area contributed by atoms with Crippen molar-refractivity contribution in [3.8, 4) is 5.75 Å². The number of aliphatic hydroxyl groups is 1. The average molecular weight is 310 g/mol. The number of para-hydroxylation sites is 1. The summed E-state index contributed by atoms with van der Waals surface area (Å²) < 4.78 is 8.74. The molecule has 7 heteroatoms. The van der Waals surface area contributed by atoms with Gasteiger partial charge in [-0.05, 0) is 19.1 Å². The second kappa shape index (κ2) is 10.1. The van der Waals surface area contributed by atoms with Gasteiger partial charge in [-0.3, -0.25) is 4.79 Å². The summed E-state index contributed by atoms with van der Waals surface area (Å²) >= 11 is 0. The van der Waals surface area contributed by atoms with Gasteiger partial charge in [0.15, 0.2) is 0 Å². The summed E-state index contributed by atoms with van der Waals surface area (Å²) in [6.07, 6.45) is 0. The molecule has 0 unspecified atom stereocenters. The zero-order valence-electron chi connectivity index (χ0n) is 12.4. The van der Waals surface area contributed by atoms with Gasteiger partial charge in [-0.2, -0.15) is 0 Å². The van der Waals surface area contributed by atoms with Crippen LogP contribution in [0.5, 0.6) is 5.75 Å². The zero-order valence-corrected chi connectivity index (χ0v) is 12.4. The number of rotatable bonds is 4. The molecule has 0 aliphatic rings. The lowest BCUT2D eigenvalue weighted by Crippen LogP contribution is -2.09. The highest BCUT2D eigenvalue weighted by Gasteiger charge is 2.13. The van der Waals surface area contributed by atoms with E-state index < -0.39 is 17.9 Å². The van der Waals surface area contributed by atoms with Gasteiger partial charge >= 0.3 is 17.9 Å². The maximum atomic E-state index is 11.1. The van der Waals surface area contributed by atoms with Crippen LogP contribution in [0.25, 0.3) is 0 Å². The van der Waals surface area contributed by atoms with Crippen LogP contribution < -0.4 is 0 Å². The molecule has 0 atom stereocenters. The second-order valence-corrected chi connectivity index (χ2v) is 4.04. The SMILES string of the molecule is C=C(C)C(=O)OCCO.CC(=O)OC(=O)c1ccccc1O. The standard InChI is InChI=1S/C9H8O4.C6H10O3/c1-6(10)13-9(12)7-4-2-3-5-8(7)11;1-5(2)6(8)9-4-3-7/h2-5,11H,1H3;7H,1,3-4H2,2H3. The molecule has 7 nitrogen and oxygen atoms in total. The van der Waals surface area contributed by atoms with Crippen LogP contribution >= 0.6 is 0 Å². The second-order valence-electron chi connectivity index (χ2n) is 4.04. The smallest absolute Gasteiger partial charge is 0.349 e. The number of aliphatic hydroxyl groups excluding tert-OH is 1. The largest absolute Gasteiger partial charge is 0.507 e. The van der Waals surface area contributed by atoms with Crippen molar-refractivity contribution in [3.63, 3.8) is 0 Å². The van der Waals surface area contributed by atoms with E-state index in [0.29, 0.717) is 5.57 Å². The van der Waals surface area contributed by atoms with Crippen LogP contribution in [0.2, 0.25) is 0 Å². The molecule has 1 aromatic carbocycles. The Morgan fingerprint density at radius 2 is 1.77 bits per heavy atom. The fourth-order valence-corrected chi connectivity index (χ4v) is 1.09. The van der Waals surface area contributed by atoms with E-state index in [1.54, 1.807) is 19.1 Å². The number of aromatic hydroxyl groups is 1. The third kappa shape index (κ3) is 7.81. The first-order chi connectivity index (χ1) is 10.3. The van der Waals surface area contributed by atoms with Crippen LogP contribution in [0, 0.1) is 0 Å². The third-order valence-corrected chi connectivity index (χ3v) is 2.03. The molecule has 0 heterocycles. The van der Waals surface area contributed by atoms with Crippen molar-refractivity contribution in [1.29, 1.82) is 0 Å². The summed E-state index contributed by atoms with van der Waals surface area (Å²) in [5, 5.41) is 17.4. The van der Waals surface area contributed by atoms with Crippen molar-refractivity contribution in [3.05, 3.63) is 42.0 Å². The lowest BCUT2D eigenvalue weighted by molar-refractivity contribution is -0.140. The molecule has 0 fully saturated rings. The summed E-state index contributed by atoms with van der Waals surface area (Å²) in [6.45, 7) is 5.94.